The highest BCUT2D eigenvalue weighted by atomic mass is 32.2. The van der Waals surface area contributed by atoms with E-state index in [-0.39, 0.29) is 23.6 Å². The normalized spacial score (nSPS) is 12.5. The Bertz CT molecular complexity index is 1230. The standard InChI is InChI=1S/C19H21FN8OS/c1-24-17(7-11(22)5-6-21)30-15-10-27(2)18-12(15)8-25-28(19(18)29)9-14-13(20)3-4-16(23)26-14/h3-6,8,10,21H,7,9,22H2,1-2H3,(H2,23,26). The molecule has 3 aromatic rings. The number of aliphatic imine (C=N–C) groups is 1. The molecule has 0 saturated carbocycles. The lowest BCUT2D eigenvalue weighted by Crippen LogP contribution is -2.25. The van der Waals surface area contributed by atoms with Crippen LogP contribution in [0.5, 0.6) is 0 Å². The van der Waals surface area contributed by atoms with Crippen LogP contribution in [0.3, 0.4) is 0 Å². The lowest BCUT2D eigenvalue weighted by Gasteiger charge is -2.07. The number of hydrogen-bond donors (Lipinski definition) is 3. The minimum atomic E-state index is -0.555. The van der Waals surface area contributed by atoms with Gasteiger partial charge in [-0.1, -0.05) is 11.8 Å². The predicted molar refractivity (Wildman–Crippen MR) is 118 cm³/mol. The molecule has 11 heteroatoms. The zero-order valence-corrected chi connectivity index (χ0v) is 17.3. The zero-order chi connectivity index (χ0) is 21.8. The highest BCUT2D eigenvalue weighted by molar-refractivity contribution is 8.14. The number of aryl methyl sites for hydroxylation is 1. The van der Waals surface area contributed by atoms with Crippen LogP contribution in [0.4, 0.5) is 10.2 Å². The Kier molecular flexibility index (Phi) is 6.31. The van der Waals surface area contributed by atoms with Crippen molar-refractivity contribution >= 4 is 39.7 Å². The number of nitrogen functional groups attached to an aromatic ring is 1. The van der Waals surface area contributed by atoms with Crippen molar-refractivity contribution in [3.8, 4) is 0 Å². The fraction of sp³-hybridized carbons (Fsp3) is 0.211. The summed E-state index contributed by atoms with van der Waals surface area (Å²) in [5, 5.41) is 12.7. The molecule has 30 heavy (non-hydrogen) atoms. The van der Waals surface area contributed by atoms with Crippen LogP contribution in [0.25, 0.3) is 10.9 Å². The van der Waals surface area contributed by atoms with E-state index in [1.165, 1.54) is 30.0 Å². The van der Waals surface area contributed by atoms with Crippen LogP contribution >= 0.6 is 11.8 Å². The third-order valence-corrected chi connectivity index (χ3v) is 5.42. The monoisotopic (exact) mass is 428 g/mol. The average Bonchev–Trinajstić information content (AvgIpc) is 3.02. The SMILES string of the molecule is CN=C(CC(N)=CC=N)Sc1cn(C)c2c(=O)n(Cc3nc(N)ccc3F)ncc12. The topological polar surface area (TPSA) is 141 Å². The number of nitrogens with two attached hydrogens (primary N) is 2. The number of nitrogens with zero attached hydrogens (tertiary/aromatic N) is 5. The van der Waals surface area contributed by atoms with Crippen LogP contribution in [-0.4, -0.2) is 37.6 Å². The lowest BCUT2D eigenvalue weighted by molar-refractivity contribution is 0.560. The molecule has 3 rings (SSSR count). The van der Waals surface area contributed by atoms with E-state index in [0.29, 0.717) is 23.0 Å². The van der Waals surface area contributed by atoms with Gasteiger partial charge < -0.3 is 21.4 Å². The first-order valence-corrected chi connectivity index (χ1v) is 9.70. The third kappa shape index (κ3) is 4.40. The van der Waals surface area contributed by atoms with Gasteiger partial charge in [-0.05, 0) is 18.2 Å². The average molecular weight is 428 g/mol. The van der Waals surface area contributed by atoms with Crippen LogP contribution in [0.1, 0.15) is 12.1 Å². The first-order chi connectivity index (χ1) is 14.3. The van der Waals surface area contributed by atoms with Crippen molar-refractivity contribution in [2.75, 3.05) is 12.8 Å². The fourth-order valence-electron chi connectivity index (χ4n) is 2.89. The van der Waals surface area contributed by atoms with Gasteiger partial charge in [-0.3, -0.25) is 9.79 Å². The Hall–Kier alpha value is -3.47. The van der Waals surface area contributed by atoms with Gasteiger partial charge in [0, 0.05) is 48.9 Å². The summed E-state index contributed by atoms with van der Waals surface area (Å²) in [6.45, 7) is -0.133. The lowest BCUT2D eigenvalue weighted by atomic mass is 10.3. The maximum atomic E-state index is 14.0. The van der Waals surface area contributed by atoms with Crippen LogP contribution in [-0.2, 0) is 13.6 Å². The predicted octanol–water partition coefficient (Wildman–Crippen LogP) is 1.90. The molecule has 0 saturated heterocycles. The maximum absolute atomic E-state index is 14.0. The largest absolute Gasteiger partial charge is 0.402 e. The van der Waals surface area contributed by atoms with E-state index in [2.05, 4.69) is 15.1 Å². The fourth-order valence-corrected chi connectivity index (χ4v) is 3.94. The number of thioether (sulfide) groups is 1. The molecule has 3 aromatic heterocycles. The summed E-state index contributed by atoms with van der Waals surface area (Å²) in [4.78, 5) is 22.0. The number of anilines is 1. The Labute approximate surface area is 175 Å². The molecule has 0 spiro atoms. The quantitative estimate of drug-likeness (QED) is 0.311. The molecule has 0 aliphatic heterocycles. The van der Waals surface area contributed by atoms with Gasteiger partial charge in [0.1, 0.15) is 22.8 Å². The van der Waals surface area contributed by atoms with Gasteiger partial charge in [-0.15, -0.1) is 0 Å². The van der Waals surface area contributed by atoms with Crippen LogP contribution < -0.4 is 17.0 Å². The van der Waals surface area contributed by atoms with Crippen LogP contribution in [0.2, 0.25) is 0 Å². The Morgan fingerprint density at radius 2 is 2.20 bits per heavy atom. The Morgan fingerprint density at radius 3 is 2.90 bits per heavy atom. The molecule has 0 bridgehead atoms. The highest BCUT2D eigenvalue weighted by Gasteiger charge is 2.16. The van der Waals surface area contributed by atoms with E-state index >= 15 is 0 Å². The summed E-state index contributed by atoms with van der Waals surface area (Å²) in [5.74, 6) is -0.388. The van der Waals surface area contributed by atoms with Gasteiger partial charge in [0.25, 0.3) is 5.56 Å². The smallest absolute Gasteiger partial charge is 0.291 e. The van der Waals surface area contributed by atoms with E-state index < -0.39 is 5.82 Å². The molecule has 0 amide bonds. The number of aromatic nitrogens is 4. The van der Waals surface area contributed by atoms with Crippen molar-refractivity contribution in [3.05, 3.63) is 58.2 Å². The summed E-state index contributed by atoms with van der Waals surface area (Å²) >= 11 is 1.37. The molecular weight excluding hydrogens is 407 g/mol. The van der Waals surface area contributed by atoms with Crippen LogP contribution in [0.15, 0.2) is 51.0 Å². The summed E-state index contributed by atoms with van der Waals surface area (Å²) < 4.78 is 16.9. The van der Waals surface area contributed by atoms with Crippen molar-refractivity contribution in [3.63, 3.8) is 0 Å². The molecular formula is C19H21FN8OS. The number of hydrogen-bond acceptors (Lipinski definition) is 8. The zero-order valence-electron chi connectivity index (χ0n) is 16.5. The summed E-state index contributed by atoms with van der Waals surface area (Å²) in [7, 11) is 3.41. The van der Waals surface area contributed by atoms with E-state index in [9.17, 15) is 9.18 Å². The molecule has 9 nitrogen and oxygen atoms in total. The van der Waals surface area contributed by atoms with Gasteiger partial charge in [0.15, 0.2) is 0 Å². The van der Waals surface area contributed by atoms with E-state index in [1.54, 1.807) is 24.9 Å². The second-order valence-corrected chi connectivity index (χ2v) is 7.56. The number of halogens is 1. The summed E-state index contributed by atoms with van der Waals surface area (Å²) in [6, 6.07) is 2.57. The first-order valence-electron chi connectivity index (χ1n) is 8.88. The molecule has 0 fully saturated rings. The highest BCUT2D eigenvalue weighted by Crippen LogP contribution is 2.30. The number of nitrogens with one attached hydrogen (secondary N) is 1. The van der Waals surface area contributed by atoms with E-state index in [0.717, 1.165) is 20.8 Å². The van der Waals surface area contributed by atoms with Crippen molar-refractivity contribution in [1.29, 1.82) is 5.41 Å². The third-order valence-electron chi connectivity index (χ3n) is 4.32. The second-order valence-electron chi connectivity index (χ2n) is 6.44. The number of pyridine rings is 1. The Morgan fingerprint density at radius 1 is 1.43 bits per heavy atom. The maximum Gasteiger partial charge on any atom is 0.291 e. The molecule has 0 radical (unpaired) electrons. The minimum absolute atomic E-state index is 0.0432. The van der Waals surface area contributed by atoms with E-state index in [1.807, 2.05) is 6.20 Å². The Balaban J connectivity index is 1.96. The molecule has 0 atom stereocenters. The van der Waals surface area contributed by atoms with Crippen LogP contribution in [0, 0.1) is 11.2 Å². The number of rotatable bonds is 6. The van der Waals surface area contributed by atoms with E-state index in [4.69, 9.17) is 16.9 Å². The molecule has 0 aromatic carbocycles. The number of fused-ring (bicyclic) bond motifs is 1. The molecule has 0 aliphatic carbocycles. The second kappa shape index (κ2) is 8.91. The van der Waals surface area contributed by atoms with Gasteiger partial charge in [0.05, 0.1) is 17.8 Å². The summed E-state index contributed by atoms with van der Waals surface area (Å²) in [6.07, 6.45) is 6.38. The molecule has 5 N–H and O–H groups in total. The van der Waals surface area contributed by atoms with Crippen molar-refractivity contribution in [2.24, 2.45) is 17.8 Å². The van der Waals surface area contributed by atoms with Gasteiger partial charge in [0.2, 0.25) is 0 Å². The molecule has 0 unspecified atom stereocenters. The molecule has 3 heterocycles. The first kappa shape index (κ1) is 21.2. The number of allylic oxidation sites excluding steroid dienone is 2. The minimum Gasteiger partial charge on any atom is -0.402 e. The van der Waals surface area contributed by atoms with Gasteiger partial charge in [-0.2, -0.15) is 5.10 Å². The van der Waals surface area contributed by atoms with Crippen molar-refractivity contribution < 1.29 is 4.39 Å². The molecule has 0 aliphatic rings. The van der Waals surface area contributed by atoms with Gasteiger partial charge >= 0.3 is 0 Å². The van der Waals surface area contributed by atoms with Crippen molar-refractivity contribution in [2.45, 2.75) is 17.9 Å². The van der Waals surface area contributed by atoms with Gasteiger partial charge in [-0.25, -0.2) is 14.1 Å². The van der Waals surface area contributed by atoms with Crippen molar-refractivity contribution in [1.82, 2.24) is 19.3 Å². The molecule has 156 valence electrons. The summed E-state index contributed by atoms with van der Waals surface area (Å²) in [5.41, 5.74) is 12.1.